The highest BCUT2D eigenvalue weighted by molar-refractivity contribution is 5.69. The molecule has 5 nitrogen and oxygen atoms in total. The van der Waals surface area contributed by atoms with Gasteiger partial charge in [0.25, 0.3) is 0 Å². The molecule has 0 saturated heterocycles. The quantitative estimate of drug-likeness (QED) is 0.761. The van der Waals surface area contributed by atoms with Gasteiger partial charge in [-0.25, -0.2) is 0 Å². The Morgan fingerprint density at radius 1 is 1.44 bits per heavy atom. The maximum absolute atomic E-state index is 5.89. The van der Waals surface area contributed by atoms with E-state index in [1.165, 1.54) is 0 Å². The number of nitrogens with one attached hydrogen (secondary N) is 1. The molecule has 0 radical (unpaired) electrons. The lowest BCUT2D eigenvalue weighted by molar-refractivity contribution is 0.812. The Labute approximate surface area is 94.3 Å². The number of nitrogen functional groups attached to an aromatic ring is 1. The summed E-state index contributed by atoms with van der Waals surface area (Å²) >= 11 is 0. The fourth-order valence-corrected chi connectivity index (χ4v) is 1.57. The molecule has 5 heteroatoms. The smallest absolute Gasteiger partial charge is 0.151 e. The molecule has 1 heterocycles. The van der Waals surface area contributed by atoms with Gasteiger partial charge in [-0.3, -0.25) is 0 Å². The molecular formula is C11H15N5. The van der Waals surface area contributed by atoms with Crippen LogP contribution in [0.4, 0.5) is 11.4 Å². The standard InChI is InChI=1S/C11H15N5/c1-8-4-3-5-9(12)11(8)13-6-10-15-14-7-16(10)2/h3-5,7,13H,6,12H2,1-2H3. The number of rotatable bonds is 3. The molecule has 0 unspecified atom stereocenters. The van der Waals surface area contributed by atoms with E-state index in [9.17, 15) is 0 Å². The van der Waals surface area contributed by atoms with Crippen molar-refractivity contribution in [3.63, 3.8) is 0 Å². The fourth-order valence-electron chi connectivity index (χ4n) is 1.57. The van der Waals surface area contributed by atoms with E-state index in [0.29, 0.717) is 6.54 Å². The van der Waals surface area contributed by atoms with Crippen LogP contribution in [0.15, 0.2) is 24.5 Å². The van der Waals surface area contributed by atoms with Crippen LogP contribution in [0.1, 0.15) is 11.4 Å². The topological polar surface area (TPSA) is 68.8 Å². The summed E-state index contributed by atoms with van der Waals surface area (Å²) in [6, 6.07) is 5.85. The maximum atomic E-state index is 5.89. The first-order chi connectivity index (χ1) is 7.68. The monoisotopic (exact) mass is 217 g/mol. The van der Waals surface area contributed by atoms with Gasteiger partial charge in [0.15, 0.2) is 5.82 Å². The lowest BCUT2D eigenvalue weighted by Gasteiger charge is -2.11. The number of nitrogens with two attached hydrogens (primary N) is 1. The molecule has 0 fully saturated rings. The molecule has 84 valence electrons. The summed E-state index contributed by atoms with van der Waals surface area (Å²) in [6.07, 6.45) is 1.68. The number of para-hydroxylation sites is 1. The van der Waals surface area contributed by atoms with Gasteiger partial charge in [-0.05, 0) is 18.6 Å². The molecular weight excluding hydrogens is 202 g/mol. The predicted octanol–water partition coefficient (Wildman–Crippen LogP) is 1.32. The van der Waals surface area contributed by atoms with Crippen molar-refractivity contribution in [3.05, 3.63) is 35.9 Å². The Morgan fingerprint density at radius 3 is 2.88 bits per heavy atom. The van der Waals surface area contributed by atoms with Gasteiger partial charge in [-0.15, -0.1) is 10.2 Å². The molecule has 0 aliphatic rings. The molecule has 0 spiro atoms. The number of hydrogen-bond donors (Lipinski definition) is 2. The molecule has 0 bridgehead atoms. The van der Waals surface area contributed by atoms with Gasteiger partial charge in [0.1, 0.15) is 6.33 Å². The third-order valence-corrected chi connectivity index (χ3v) is 2.53. The molecule has 0 saturated carbocycles. The van der Waals surface area contributed by atoms with Crippen molar-refractivity contribution < 1.29 is 0 Å². The van der Waals surface area contributed by atoms with Crippen molar-refractivity contribution in [2.45, 2.75) is 13.5 Å². The molecule has 1 aromatic carbocycles. The molecule has 2 rings (SSSR count). The molecule has 0 atom stereocenters. The number of benzene rings is 1. The largest absolute Gasteiger partial charge is 0.397 e. The van der Waals surface area contributed by atoms with Gasteiger partial charge in [0.2, 0.25) is 0 Å². The summed E-state index contributed by atoms with van der Waals surface area (Å²) in [5.41, 5.74) is 8.74. The van der Waals surface area contributed by atoms with Gasteiger partial charge in [-0.1, -0.05) is 12.1 Å². The van der Waals surface area contributed by atoms with Gasteiger partial charge in [0, 0.05) is 7.05 Å². The SMILES string of the molecule is Cc1cccc(N)c1NCc1nncn1C. The molecule has 0 aliphatic carbocycles. The highest BCUT2D eigenvalue weighted by atomic mass is 15.3. The van der Waals surface area contributed by atoms with Crippen LogP contribution in [0.2, 0.25) is 0 Å². The third-order valence-electron chi connectivity index (χ3n) is 2.53. The Morgan fingerprint density at radius 2 is 2.25 bits per heavy atom. The number of hydrogen-bond acceptors (Lipinski definition) is 4. The highest BCUT2D eigenvalue weighted by Crippen LogP contribution is 2.22. The van der Waals surface area contributed by atoms with E-state index in [1.807, 2.05) is 36.7 Å². The Bertz CT molecular complexity index is 469. The highest BCUT2D eigenvalue weighted by Gasteiger charge is 2.04. The van der Waals surface area contributed by atoms with Crippen LogP contribution in [0.25, 0.3) is 0 Å². The zero-order valence-corrected chi connectivity index (χ0v) is 9.44. The first kappa shape index (κ1) is 10.5. The molecule has 0 aliphatic heterocycles. The maximum Gasteiger partial charge on any atom is 0.151 e. The Kier molecular flexibility index (Phi) is 2.76. The van der Waals surface area contributed by atoms with Crippen LogP contribution >= 0.6 is 0 Å². The number of aromatic nitrogens is 3. The first-order valence-corrected chi connectivity index (χ1v) is 5.10. The van der Waals surface area contributed by atoms with E-state index in [2.05, 4.69) is 15.5 Å². The normalized spacial score (nSPS) is 10.4. The van der Waals surface area contributed by atoms with Crippen molar-refractivity contribution in [1.82, 2.24) is 14.8 Å². The predicted molar refractivity (Wildman–Crippen MR) is 63.9 cm³/mol. The minimum atomic E-state index is 0.617. The minimum Gasteiger partial charge on any atom is -0.397 e. The number of aryl methyl sites for hydroxylation is 2. The first-order valence-electron chi connectivity index (χ1n) is 5.10. The third kappa shape index (κ3) is 1.98. The Balaban J connectivity index is 2.14. The zero-order chi connectivity index (χ0) is 11.5. The molecule has 0 amide bonds. The van der Waals surface area contributed by atoms with Crippen molar-refractivity contribution in [3.8, 4) is 0 Å². The average molecular weight is 217 g/mol. The van der Waals surface area contributed by atoms with Gasteiger partial charge in [-0.2, -0.15) is 0 Å². The second kappa shape index (κ2) is 4.22. The van der Waals surface area contributed by atoms with E-state index in [0.717, 1.165) is 22.8 Å². The van der Waals surface area contributed by atoms with Gasteiger partial charge < -0.3 is 15.6 Å². The Hall–Kier alpha value is -2.04. The van der Waals surface area contributed by atoms with Crippen LogP contribution < -0.4 is 11.1 Å². The van der Waals surface area contributed by atoms with Crippen LogP contribution in [0.5, 0.6) is 0 Å². The van der Waals surface area contributed by atoms with Crippen LogP contribution in [0, 0.1) is 6.92 Å². The van der Waals surface area contributed by atoms with E-state index in [-0.39, 0.29) is 0 Å². The summed E-state index contributed by atoms with van der Waals surface area (Å²) < 4.78 is 1.88. The minimum absolute atomic E-state index is 0.617. The fraction of sp³-hybridized carbons (Fsp3) is 0.273. The lowest BCUT2D eigenvalue weighted by atomic mass is 10.1. The number of nitrogens with zero attached hydrogens (tertiary/aromatic N) is 3. The lowest BCUT2D eigenvalue weighted by Crippen LogP contribution is -2.08. The van der Waals surface area contributed by atoms with E-state index in [4.69, 9.17) is 5.73 Å². The summed E-state index contributed by atoms with van der Waals surface area (Å²) in [7, 11) is 1.91. The zero-order valence-electron chi connectivity index (χ0n) is 9.44. The van der Waals surface area contributed by atoms with E-state index < -0.39 is 0 Å². The van der Waals surface area contributed by atoms with Crippen molar-refractivity contribution in [2.75, 3.05) is 11.1 Å². The molecule has 1 aromatic heterocycles. The van der Waals surface area contributed by atoms with Crippen molar-refractivity contribution in [2.24, 2.45) is 7.05 Å². The van der Waals surface area contributed by atoms with Gasteiger partial charge >= 0.3 is 0 Å². The summed E-state index contributed by atoms with van der Waals surface area (Å²) in [5, 5.41) is 11.1. The summed E-state index contributed by atoms with van der Waals surface area (Å²) in [4.78, 5) is 0. The van der Waals surface area contributed by atoms with Crippen LogP contribution in [-0.4, -0.2) is 14.8 Å². The second-order valence-corrected chi connectivity index (χ2v) is 3.75. The second-order valence-electron chi connectivity index (χ2n) is 3.75. The molecule has 3 N–H and O–H groups in total. The molecule has 2 aromatic rings. The van der Waals surface area contributed by atoms with Crippen LogP contribution in [0.3, 0.4) is 0 Å². The van der Waals surface area contributed by atoms with E-state index >= 15 is 0 Å². The summed E-state index contributed by atoms with van der Waals surface area (Å²) in [5.74, 6) is 0.877. The number of anilines is 2. The van der Waals surface area contributed by atoms with Crippen molar-refractivity contribution in [1.29, 1.82) is 0 Å². The molecule has 16 heavy (non-hydrogen) atoms. The van der Waals surface area contributed by atoms with Crippen LogP contribution in [-0.2, 0) is 13.6 Å². The summed E-state index contributed by atoms with van der Waals surface area (Å²) in [6.45, 7) is 2.64. The van der Waals surface area contributed by atoms with Crippen molar-refractivity contribution >= 4 is 11.4 Å². The van der Waals surface area contributed by atoms with Gasteiger partial charge in [0.05, 0.1) is 17.9 Å². The van der Waals surface area contributed by atoms with E-state index in [1.54, 1.807) is 6.33 Å². The average Bonchev–Trinajstić information content (AvgIpc) is 2.64.